The summed E-state index contributed by atoms with van der Waals surface area (Å²) in [5.74, 6) is 0. The summed E-state index contributed by atoms with van der Waals surface area (Å²) < 4.78 is 0. The fraction of sp³-hybridized carbons (Fsp3) is 0.130. The molecule has 0 saturated carbocycles. The van der Waals surface area contributed by atoms with Crippen molar-refractivity contribution < 1.29 is 0 Å². The van der Waals surface area contributed by atoms with Crippen LogP contribution < -0.4 is 0 Å². The van der Waals surface area contributed by atoms with E-state index >= 15 is 0 Å². The Kier molecular flexibility index (Phi) is 4.27. The maximum Gasteiger partial charge on any atom is 0.00750 e. The van der Waals surface area contributed by atoms with Crippen LogP contribution in [0, 0.1) is 0 Å². The number of benzene rings is 3. The molecule has 0 unspecified atom stereocenters. The molecule has 24 heavy (non-hydrogen) atoms. The smallest absolute Gasteiger partial charge is 0.00750 e. The van der Waals surface area contributed by atoms with Crippen LogP contribution in [0.4, 0.5) is 0 Å². The van der Waals surface area contributed by atoms with E-state index in [0.29, 0.717) is 0 Å². The minimum atomic E-state index is 1.11. The van der Waals surface area contributed by atoms with Crippen LogP contribution in [0.15, 0.2) is 77.7 Å². The summed E-state index contributed by atoms with van der Waals surface area (Å²) >= 11 is 1.79. The third-order valence-electron chi connectivity index (χ3n) is 4.68. The van der Waals surface area contributed by atoms with Gasteiger partial charge in [-0.1, -0.05) is 60.7 Å². The van der Waals surface area contributed by atoms with Crippen LogP contribution in [0.5, 0.6) is 0 Å². The van der Waals surface area contributed by atoms with Crippen LogP contribution in [-0.4, -0.2) is 6.26 Å². The van der Waals surface area contributed by atoms with E-state index in [1.807, 2.05) is 0 Å². The van der Waals surface area contributed by atoms with Crippen LogP contribution >= 0.6 is 11.8 Å². The molecule has 118 valence electrons. The second-order valence-electron chi connectivity index (χ2n) is 6.15. The van der Waals surface area contributed by atoms with Crippen molar-refractivity contribution in [2.75, 3.05) is 6.26 Å². The van der Waals surface area contributed by atoms with Crippen LogP contribution in [-0.2, 0) is 12.8 Å². The lowest BCUT2D eigenvalue weighted by molar-refractivity contribution is 0.965. The molecule has 0 atom stereocenters. The van der Waals surface area contributed by atoms with Gasteiger partial charge in [0.15, 0.2) is 0 Å². The van der Waals surface area contributed by atoms with Crippen molar-refractivity contribution in [3.05, 3.63) is 101 Å². The van der Waals surface area contributed by atoms with Crippen molar-refractivity contribution in [3.63, 3.8) is 0 Å². The highest BCUT2D eigenvalue weighted by Gasteiger charge is 2.17. The number of hydrogen-bond donors (Lipinski definition) is 0. The van der Waals surface area contributed by atoms with Crippen LogP contribution in [0.1, 0.15) is 27.8 Å². The third-order valence-corrected chi connectivity index (χ3v) is 5.41. The lowest BCUT2D eigenvalue weighted by Crippen LogP contribution is -1.92. The summed E-state index contributed by atoms with van der Waals surface area (Å²) in [6.45, 7) is 0. The molecule has 1 aliphatic carbocycles. The highest BCUT2D eigenvalue weighted by molar-refractivity contribution is 7.98. The van der Waals surface area contributed by atoms with E-state index in [2.05, 4.69) is 85.1 Å². The van der Waals surface area contributed by atoms with E-state index in [4.69, 9.17) is 0 Å². The Bertz CT molecular complexity index is 856. The van der Waals surface area contributed by atoms with Gasteiger partial charge in [0.1, 0.15) is 0 Å². The minimum absolute atomic E-state index is 1.11. The fourth-order valence-electron chi connectivity index (χ4n) is 3.47. The first-order valence-corrected chi connectivity index (χ1v) is 9.60. The van der Waals surface area contributed by atoms with Crippen molar-refractivity contribution in [3.8, 4) is 0 Å². The first-order valence-electron chi connectivity index (χ1n) is 8.37. The molecular formula is C23H20S. The molecule has 0 nitrogen and oxygen atoms in total. The topological polar surface area (TPSA) is 0 Å². The molecule has 0 N–H and O–H groups in total. The van der Waals surface area contributed by atoms with E-state index in [1.54, 1.807) is 11.8 Å². The van der Waals surface area contributed by atoms with Crippen LogP contribution in [0.2, 0.25) is 0 Å². The van der Waals surface area contributed by atoms with Gasteiger partial charge in [-0.2, -0.15) is 0 Å². The molecule has 0 spiro atoms. The summed E-state index contributed by atoms with van der Waals surface area (Å²) in [6.07, 6.45) is 6.69. The molecule has 0 bridgehead atoms. The van der Waals surface area contributed by atoms with Gasteiger partial charge in [0.05, 0.1) is 0 Å². The summed E-state index contributed by atoms with van der Waals surface area (Å²) in [5.41, 5.74) is 8.25. The van der Waals surface area contributed by atoms with Gasteiger partial charge in [0.25, 0.3) is 0 Å². The Morgan fingerprint density at radius 2 is 1.38 bits per heavy atom. The largest absolute Gasteiger partial charge is 0.130 e. The molecule has 1 heteroatoms. The second-order valence-corrected chi connectivity index (χ2v) is 7.03. The van der Waals surface area contributed by atoms with E-state index in [9.17, 15) is 0 Å². The Morgan fingerprint density at radius 3 is 2.00 bits per heavy atom. The molecule has 0 fully saturated rings. The van der Waals surface area contributed by atoms with Gasteiger partial charge in [-0.15, -0.1) is 11.8 Å². The molecular weight excluding hydrogens is 308 g/mol. The highest BCUT2D eigenvalue weighted by atomic mass is 32.2. The monoisotopic (exact) mass is 328 g/mol. The predicted octanol–water partition coefficient (Wildman–Crippen LogP) is 6.10. The van der Waals surface area contributed by atoms with Crippen molar-refractivity contribution in [2.45, 2.75) is 17.7 Å². The Hall–Kier alpha value is -2.25. The van der Waals surface area contributed by atoms with Crippen molar-refractivity contribution in [1.82, 2.24) is 0 Å². The summed E-state index contributed by atoms with van der Waals surface area (Å²) in [5, 5.41) is 0. The molecule has 0 aromatic heterocycles. The quantitative estimate of drug-likeness (QED) is 0.512. The summed E-state index contributed by atoms with van der Waals surface area (Å²) in [4.78, 5) is 1.31. The van der Waals surface area contributed by atoms with Crippen molar-refractivity contribution in [2.24, 2.45) is 0 Å². The number of thioether (sulfide) groups is 1. The molecule has 0 saturated heterocycles. The van der Waals surface area contributed by atoms with E-state index in [-0.39, 0.29) is 0 Å². The van der Waals surface area contributed by atoms with E-state index < -0.39 is 0 Å². The number of fused-ring (bicyclic) bond motifs is 2. The second kappa shape index (κ2) is 6.70. The van der Waals surface area contributed by atoms with Gasteiger partial charge in [-0.05, 0) is 70.7 Å². The zero-order valence-corrected chi connectivity index (χ0v) is 14.6. The van der Waals surface area contributed by atoms with E-state index in [0.717, 1.165) is 12.8 Å². The molecule has 3 aromatic rings. The maximum atomic E-state index is 2.35. The number of aryl methyl sites for hydroxylation is 2. The first-order chi connectivity index (χ1) is 11.8. The molecule has 0 amide bonds. The van der Waals surface area contributed by atoms with Gasteiger partial charge >= 0.3 is 0 Å². The highest BCUT2D eigenvalue weighted by Crippen LogP contribution is 2.35. The first kappa shape index (κ1) is 15.3. The predicted molar refractivity (Wildman–Crippen MR) is 105 cm³/mol. The Morgan fingerprint density at radius 1 is 0.750 bits per heavy atom. The van der Waals surface area contributed by atoms with Crippen LogP contribution in [0.3, 0.4) is 0 Å². The summed E-state index contributed by atoms with van der Waals surface area (Å²) in [7, 11) is 0. The van der Waals surface area contributed by atoms with E-state index in [1.165, 1.54) is 38.3 Å². The molecule has 0 radical (unpaired) electrons. The van der Waals surface area contributed by atoms with Crippen LogP contribution in [0.25, 0.3) is 11.6 Å². The molecule has 1 aliphatic rings. The van der Waals surface area contributed by atoms with Gasteiger partial charge in [-0.3, -0.25) is 0 Å². The zero-order valence-electron chi connectivity index (χ0n) is 13.8. The van der Waals surface area contributed by atoms with Gasteiger partial charge in [-0.25, -0.2) is 0 Å². The van der Waals surface area contributed by atoms with Crippen molar-refractivity contribution >= 4 is 23.4 Å². The SMILES string of the molecule is CSc1cccc(C=C2c3ccccc3CCc3ccccc32)c1. The lowest BCUT2D eigenvalue weighted by Gasteiger charge is -2.12. The minimum Gasteiger partial charge on any atom is -0.130 e. The maximum absolute atomic E-state index is 2.35. The van der Waals surface area contributed by atoms with Gasteiger partial charge in [0.2, 0.25) is 0 Å². The summed E-state index contributed by atoms with van der Waals surface area (Å²) in [6, 6.07) is 26.5. The Balaban J connectivity index is 1.94. The standard InChI is InChI=1S/C23H20S/c1-24-20-10-6-7-17(15-20)16-23-21-11-4-2-8-18(21)13-14-19-9-3-5-12-22(19)23/h2-12,15-16H,13-14H2,1H3. The zero-order chi connectivity index (χ0) is 16.4. The Labute approximate surface area is 148 Å². The average Bonchev–Trinajstić information content (AvgIpc) is 2.80. The van der Waals surface area contributed by atoms with Gasteiger partial charge < -0.3 is 0 Å². The molecule has 3 aromatic carbocycles. The third kappa shape index (κ3) is 2.92. The average molecular weight is 328 g/mol. The molecule has 0 heterocycles. The molecule has 4 rings (SSSR count). The van der Waals surface area contributed by atoms with Crippen molar-refractivity contribution in [1.29, 1.82) is 0 Å². The fourth-order valence-corrected chi connectivity index (χ4v) is 3.94. The molecule has 0 aliphatic heterocycles. The normalized spacial score (nSPS) is 13.0. The lowest BCUT2D eigenvalue weighted by atomic mass is 9.92. The number of rotatable bonds is 2. The van der Waals surface area contributed by atoms with Gasteiger partial charge in [0, 0.05) is 4.90 Å². The number of hydrogen-bond acceptors (Lipinski definition) is 1.